The number of aromatic nitrogens is 2. The highest BCUT2D eigenvalue weighted by molar-refractivity contribution is 5.97. The number of carbonyl (C=O) groups is 1. The molecule has 3 rings (SSSR count). The topological polar surface area (TPSA) is 50.2 Å². The summed E-state index contributed by atoms with van der Waals surface area (Å²) in [7, 11) is 0. The number of hydrogen-bond acceptors (Lipinski definition) is 3. The number of rotatable bonds is 5. The van der Waals surface area contributed by atoms with E-state index < -0.39 is 0 Å². The molecule has 0 aromatic carbocycles. The molecule has 2 atom stereocenters. The summed E-state index contributed by atoms with van der Waals surface area (Å²) in [6, 6.07) is 2.36. The minimum Gasteiger partial charge on any atom is -0.303 e. The lowest BCUT2D eigenvalue weighted by molar-refractivity contribution is -0.122. The van der Waals surface area contributed by atoms with Crippen molar-refractivity contribution >= 4 is 11.7 Å². The van der Waals surface area contributed by atoms with E-state index in [1.165, 1.54) is 19.3 Å². The largest absolute Gasteiger partial charge is 0.303 e. The van der Waals surface area contributed by atoms with E-state index in [1.807, 2.05) is 15.6 Å². The molecular weight excluding hydrogens is 264 g/mol. The van der Waals surface area contributed by atoms with Crippen LogP contribution in [0.4, 0.5) is 5.82 Å². The predicted molar refractivity (Wildman–Crippen MR) is 83.2 cm³/mol. The standard InChI is InChI=1S/C16H26N4O/c1-3-20-15(9-10-17-20)19-11-5-8-14(16(19)21)18-12(2)13-6-4-7-13/h9-10,12-14,18H,3-8,11H2,1-2H3/t12-,14+/m1/s1. The fourth-order valence-corrected chi connectivity index (χ4v) is 3.45. The number of aryl methyl sites for hydroxylation is 1. The van der Waals surface area contributed by atoms with Crippen LogP contribution in [0.5, 0.6) is 0 Å². The van der Waals surface area contributed by atoms with E-state index in [0.29, 0.717) is 6.04 Å². The Labute approximate surface area is 126 Å². The van der Waals surface area contributed by atoms with E-state index in [2.05, 4.69) is 24.3 Å². The first kappa shape index (κ1) is 14.6. The van der Waals surface area contributed by atoms with Gasteiger partial charge in [0.05, 0.1) is 12.2 Å². The molecule has 0 unspecified atom stereocenters. The van der Waals surface area contributed by atoms with Crippen molar-refractivity contribution in [2.24, 2.45) is 5.92 Å². The molecule has 1 aliphatic heterocycles. The van der Waals surface area contributed by atoms with Gasteiger partial charge >= 0.3 is 0 Å². The number of hydrogen-bond donors (Lipinski definition) is 1. The van der Waals surface area contributed by atoms with Gasteiger partial charge in [0, 0.05) is 25.2 Å². The molecule has 0 radical (unpaired) electrons. The van der Waals surface area contributed by atoms with Crippen LogP contribution in [0.15, 0.2) is 12.3 Å². The second-order valence-corrected chi connectivity index (χ2v) is 6.34. The lowest BCUT2D eigenvalue weighted by Crippen LogP contribution is -2.55. The summed E-state index contributed by atoms with van der Waals surface area (Å²) in [6.45, 7) is 5.88. The van der Waals surface area contributed by atoms with Crippen molar-refractivity contribution in [3.8, 4) is 0 Å². The van der Waals surface area contributed by atoms with E-state index in [9.17, 15) is 4.79 Å². The van der Waals surface area contributed by atoms with Crippen molar-refractivity contribution in [1.82, 2.24) is 15.1 Å². The Kier molecular flexibility index (Phi) is 4.29. The molecule has 21 heavy (non-hydrogen) atoms. The summed E-state index contributed by atoms with van der Waals surface area (Å²) in [6.07, 6.45) is 7.74. The first-order chi connectivity index (χ1) is 10.2. The summed E-state index contributed by atoms with van der Waals surface area (Å²) in [5, 5.41) is 7.86. The van der Waals surface area contributed by atoms with Gasteiger partial charge in [-0.05, 0) is 45.4 Å². The summed E-state index contributed by atoms with van der Waals surface area (Å²) >= 11 is 0. The van der Waals surface area contributed by atoms with Gasteiger partial charge in [-0.25, -0.2) is 4.68 Å². The zero-order chi connectivity index (χ0) is 14.8. The SMILES string of the molecule is CCn1nccc1N1CCC[C@H](N[C@H](C)C2CCC2)C1=O. The van der Waals surface area contributed by atoms with Crippen molar-refractivity contribution in [3.63, 3.8) is 0 Å². The molecule has 1 saturated heterocycles. The predicted octanol–water partition coefficient (Wildman–Crippen LogP) is 2.18. The molecular formula is C16H26N4O. The maximum Gasteiger partial charge on any atom is 0.245 e. The summed E-state index contributed by atoms with van der Waals surface area (Å²) in [5.41, 5.74) is 0. The maximum atomic E-state index is 12.8. The Balaban J connectivity index is 1.68. The normalized spacial score (nSPS) is 25.0. The Morgan fingerprint density at radius 1 is 1.38 bits per heavy atom. The first-order valence-corrected chi connectivity index (χ1v) is 8.30. The van der Waals surface area contributed by atoms with E-state index >= 15 is 0 Å². The Bertz CT molecular complexity index is 494. The fourth-order valence-electron chi connectivity index (χ4n) is 3.45. The Morgan fingerprint density at radius 3 is 2.86 bits per heavy atom. The highest BCUT2D eigenvalue weighted by Gasteiger charge is 2.34. The van der Waals surface area contributed by atoms with Crippen LogP contribution < -0.4 is 10.2 Å². The van der Waals surface area contributed by atoms with Gasteiger partial charge in [-0.15, -0.1) is 0 Å². The molecule has 0 bridgehead atoms. The highest BCUT2D eigenvalue weighted by atomic mass is 16.2. The van der Waals surface area contributed by atoms with Crippen molar-refractivity contribution in [1.29, 1.82) is 0 Å². The van der Waals surface area contributed by atoms with Crippen molar-refractivity contribution < 1.29 is 4.79 Å². The molecule has 2 aliphatic rings. The molecule has 5 nitrogen and oxygen atoms in total. The van der Waals surface area contributed by atoms with Crippen LogP contribution in [-0.4, -0.2) is 34.3 Å². The van der Waals surface area contributed by atoms with E-state index in [1.54, 1.807) is 6.20 Å². The van der Waals surface area contributed by atoms with Gasteiger partial charge in [0.2, 0.25) is 5.91 Å². The zero-order valence-electron chi connectivity index (χ0n) is 13.1. The molecule has 0 spiro atoms. The monoisotopic (exact) mass is 290 g/mol. The molecule has 116 valence electrons. The number of nitrogens with zero attached hydrogens (tertiary/aromatic N) is 3. The van der Waals surface area contributed by atoms with Crippen molar-refractivity contribution in [3.05, 3.63) is 12.3 Å². The van der Waals surface area contributed by atoms with Crippen LogP contribution in [-0.2, 0) is 11.3 Å². The van der Waals surface area contributed by atoms with Gasteiger partial charge < -0.3 is 5.32 Å². The third-order valence-corrected chi connectivity index (χ3v) is 5.03. The average molecular weight is 290 g/mol. The lowest BCUT2D eigenvalue weighted by atomic mass is 9.80. The quantitative estimate of drug-likeness (QED) is 0.904. The minimum absolute atomic E-state index is 0.0328. The number of amides is 1. The highest BCUT2D eigenvalue weighted by Crippen LogP contribution is 2.30. The summed E-state index contributed by atoms with van der Waals surface area (Å²) < 4.78 is 1.90. The molecule has 2 heterocycles. The van der Waals surface area contributed by atoms with Gasteiger partial charge in [-0.2, -0.15) is 5.10 Å². The summed E-state index contributed by atoms with van der Waals surface area (Å²) in [4.78, 5) is 14.7. The van der Waals surface area contributed by atoms with Crippen LogP contribution in [0.25, 0.3) is 0 Å². The number of anilines is 1. The van der Waals surface area contributed by atoms with Crippen molar-refractivity contribution in [2.75, 3.05) is 11.4 Å². The second-order valence-electron chi connectivity index (χ2n) is 6.34. The number of carbonyl (C=O) groups excluding carboxylic acids is 1. The maximum absolute atomic E-state index is 12.8. The molecule has 1 N–H and O–H groups in total. The molecule has 1 aliphatic carbocycles. The Morgan fingerprint density at radius 2 is 2.19 bits per heavy atom. The van der Waals surface area contributed by atoms with Gasteiger partial charge in [0.15, 0.2) is 0 Å². The van der Waals surface area contributed by atoms with Crippen LogP contribution in [0.1, 0.15) is 46.0 Å². The minimum atomic E-state index is -0.0328. The third-order valence-electron chi connectivity index (χ3n) is 5.03. The van der Waals surface area contributed by atoms with E-state index in [4.69, 9.17) is 0 Å². The average Bonchev–Trinajstić information content (AvgIpc) is 2.87. The zero-order valence-corrected chi connectivity index (χ0v) is 13.1. The first-order valence-electron chi connectivity index (χ1n) is 8.30. The second kappa shape index (κ2) is 6.18. The smallest absolute Gasteiger partial charge is 0.245 e. The molecule has 1 aromatic heterocycles. The summed E-state index contributed by atoms with van der Waals surface area (Å²) in [5.74, 6) is 1.90. The van der Waals surface area contributed by atoms with E-state index in [0.717, 1.165) is 37.7 Å². The molecule has 1 aromatic rings. The van der Waals surface area contributed by atoms with Crippen LogP contribution in [0.2, 0.25) is 0 Å². The molecule has 2 fully saturated rings. The van der Waals surface area contributed by atoms with Gasteiger partial charge in [-0.3, -0.25) is 9.69 Å². The van der Waals surface area contributed by atoms with Gasteiger partial charge in [-0.1, -0.05) is 6.42 Å². The van der Waals surface area contributed by atoms with Crippen molar-refractivity contribution in [2.45, 2.75) is 64.6 Å². The van der Waals surface area contributed by atoms with Crippen LogP contribution in [0, 0.1) is 5.92 Å². The molecule has 5 heteroatoms. The molecule has 1 saturated carbocycles. The Hall–Kier alpha value is -1.36. The third kappa shape index (κ3) is 2.84. The number of nitrogens with one attached hydrogen (secondary N) is 1. The number of piperidine rings is 1. The van der Waals surface area contributed by atoms with Gasteiger partial charge in [0.1, 0.15) is 5.82 Å². The lowest BCUT2D eigenvalue weighted by Gasteiger charge is -2.38. The molecule has 1 amide bonds. The van der Waals surface area contributed by atoms with Crippen LogP contribution in [0.3, 0.4) is 0 Å². The van der Waals surface area contributed by atoms with Crippen LogP contribution >= 0.6 is 0 Å². The van der Waals surface area contributed by atoms with Gasteiger partial charge in [0.25, 0.3) is 0 Å². The fraction of sp³-hybridized carbons (Fsp3) is 0.750. The van der Waals surface area contributed by atoms with E-state index in [-0.39, 0.29) is 11.9 Å².